The molecular formula is C10H10BrF2NO. The van der Waals surface area contributed by atoms with E-state index in [1.165, 1.54) is 6.07 Å². The second-order valence-corrected chi connectivity index (χ2v) is 3.90. The van der Waals surface area contributed by atoms with Gasteiger partial charge in [0.1, 0.15) is 11.6 Å². The van der Waals surface area contributed by atoms with Gasteiger partial charge in [0.15, 0.2) is 0 Å². The molecule has 0 heterocycles. The zero-order valence-electron chi connectivity index (χ0n) is 8.11. The molecule has 15 heavy (non-hydrogen) atoms. The van der Waals surface area contributed by atoms with Crippen molar-refractivity contribution in [1.29, 1.82) is 0 Å². The summed E-state index contributed by atoms with van der Waals surface area (Å²) in [5, 5.41) is 2.37. The highest BCUT2D eigenvalue weighted by atomic mass is 79.9. The van der Waals surface area contributed by atoms with E-state index in [-0.39, 0.29) is 16.1 Å². The van der Waals surface area contributed by atoms with E-state index in [0.29, 0.717) is 12.8 Å². The van der Waals surface area contributed by atoms with Crippen LogP contribution >= 0.6 is 15.9 Å². The van der Waals surface area contributed by atoms with Crippen LogP contribution in [0, 0.1) is 11.6 Å². The predicted molar refractivity (Wildman–Crippen MR) is 57.6 cm³/mol. The Morgan fingerprint density at radius 1 is 1.40 bits per heavy atom. The minimum atomic E-state index is -0.778. The fraction of sp³-hybridized carbons (Fsp3) is 0.300. The molecule has 1 rings (SSSR count). The van der Waals surface area contributed by atoms with Gasteiger partial charge in [-0.05, 0) is 28.4 Å². The van der Waals surface area contributed by atoms with Crippen molar-refractivity contribution in [2.24, 2.45) is 0 Å². The number of amides is 1. The second-order valence-electron chi connectivity index (χ2n) is 3.04. The first-order chi connectivity index (χ1) is 7.04. The standard InChI is InChI=1S/C10H10BrF2NO/c1-2-3-10(15)14-9-4-6(11)7(12)5-8(9)13/h4-5H,2-3H2,1H3,(H,14,15). The number of halogens is 3. The molecule has 0 aliphatic heterocycles. The third-order valence-corrected chi connectivity index (χ3v) is 2.37. The van der Waals surface area contributed by atoms with E-state index in [1.54, 1.807) is 0 Å². The van der Waals surface area contributed by atoms with Crippen LogP contribution in [0.15, 0.2) is 16.6 Å². The summed E-state index contributed by atoms with van der Waals surface area (Å²) < 4.78 is 26.1. The Bertz CT molecular complexity index is 382. The van der Waals surface area contributed by atoms with Gasteiger partial charge in [0, 0.05) is 12.5 Å². The van der Waals surface area contributed by atoms with E-state index in [9.17, 15) is 13.6 Å². The molecule has 5 heteroatoms. The summed E-state index contributed by atoms with van der Waals surface area (Å²) in [5.41, 5.74) is -0.0123. The normalized spacial score (nSPS) is 10.1. The van der Waals surface area contributed by atoms with Crippen LogP contribution < -0.4 is 5.32 Å². The summed E-state index contributed by atoms with van der Waals surface area (Å²) in [5.74, 6) is -1.75. The number of nitrogens with one attached hydrogen (secondary N) is 1. The van der Waals surface area contributed by atoms with Crippen LogP contribution in [0.2, 0.25) is 0 Å². The molecule has 0 fully saturated rings. The van der Waals surface area contributed by atoms with Gasteiger partial charge < -0.3 is 5.32 Å². The molecule has 0 saturated carbocycles. The van der Waals surface area contributed by atoms with Crippen LogP contribution in [-0.4, -0.2) is 5.91 Å². The number of carbonyl (C=O) groups is 1. The van der Waals surface area contributed by atoms with Crippen molar-refractivity contribution in [2.45, 2.75) is 19.8 Å². The van der Waals surface area contributed by atoms with Crippen LogP contribution in [0.25, 0.3) is 0 Å². The third kappa shape index (κ3) is 3.27. The summed E-state index contributed by atoms with van der Waals surface area (Å²) in [6.45, 7) is 1.84. The van der Waals surface area contributed by atoms with Crippen molar-refractivity contribution < 1.29 is 13.6 Å². The molecule has 1 N–H and O–H groups in total. The van der Waals surface area contributed by atoms with Crippen LogP contribution in [-0.2, 0) is 4.79 Å². The fourth-order valence-electron chi connectivity index (χ4n) is 1.06. The molecule has 0 spiro atoms. The lowest BCUT2D eigenvalue weighted by Gasteiger charge is -2.06. The van der Waals surface area contributed by atoms with E-state index < -0.39 is 11.6 Å². The molecular weight excluding hydrogens is 268 g/mol. The molecule has 1 amide bonds. The van der Waals surface area contributed by atoms with E-state index in [4.69, 9.17) is 0 Å². The third-order valence-electron chi connectivity index (χ3n) is 1.76. The van der Waals surface area contributed by atoms with E-state index in [1.807, 2.05) is 6.92 Å². The Balaban J connectivity index is 2.86. The summed E-state index contributed by atoms with van der Waals surface area (Å²) in [7, 11) is 0. The van der Waals surface area contributed by atoms with Gasteiger partial charge in [-0.25, -0.2) is 8.78 Å². The topological polar surface area (TPSA) is 29.1 Å². The zero-order chi connectivity index (χ0) is 11.4. The summed E-state index contributed by atoms with van der Waals surface area (Å²) in [6.07, 6.45) is 0.990. The molecule has 1 aromatic rings. The fourth-order valence-corrected chi connectivity index (χ4v) is 1.40. The minimum Gasteiger partial charge on any atom is -0.324 e. The molecule has 2 nitrogen and oxygen atoms in total. The zero-order valence-corrected chi connectivity index (χ0v) is 9.70. The largest absolute Gasteiger partial charge is 0.324 e. The van der Waals surface area contributed by atoms with Crippen LogP contribution in [0.3, 0.4) is 0 Å². The van der Waals surface area contributed by atoms with Crippen LogP contribution in [0.4, 0.5) is 14.5 Å². The molecule has 0 atom stereocenters. The van der Waals surface area contributed by atoms with Gasteiger partial charge >= 0.3 is 0 Å². The molecule has 0 aliphatic carbocycles. The van der Waals surface area contributed by atoms with Gasteiger partial charge in [-0.2, -0.15) is 0 Å². The maximum Gasteiger partial charge on any atom is 0.224 e. The quantitative estimate of drug-likeness (QED) is 0.843. The first-order valence-electron chi connectivity index (χ1n) is 4.49. The summed E-state index contributed by atoms with van der Waals surface area (Å²) >= 11 is 2.92. The van der Waals surface area contributed by atoms with Crippen molar-refractivity contribution in [3.8, 4) is 0 Å². The second kappa shape index (κ2) is 5.21. The predicted octanol–water partition coefficient (Wildman–Crippen LogP) is 3.47. The first-order valence-corrected chi connectivity index (χ1v) is 5.28. The highest BCUT2D eigenvalue weighted by Crippen LogP contribution is 2.23. The average molecular weight is 278 g/mol. The SMILES string of the molecule is CCCC(=O)Nc1cc(Br)c(F)cc1F. The van der Waals surface area contributed by atoms with Crippen LogP contribution in [0.1, 0.15) is 19.8 Å². The molecule has 0 unspecified atom stereocenters. The Labute approximate surface area is 94.8 Å². The maximum atomic E-state index is 13.2. The number of hydrogen-bond donors (Lipinski definition) is 1. The molecule has 0 radical (unpaired) electrons. The van der Waals surface area contributed by atoms with Crippen molar-refractivity contribution in [2.75, 3.05) is 5.32 Å². The summed E-state index contributed by atoms with van der Waals surface area (Å²) in [6, 6.07) is 1.93. The first kappa shape index (κ1) is 12.1. The Morgan fingerprint density at radius 2 is 2.07 bits per heavy atom. The average Bonchev–Trinajstić information content (AvgIpc) is 2.14. The molecule has 82 valence electrons. The minimum absolute atomic E-state index is 0.0123. The van der Waals surface area contributed by atoms with Gasteiger partial charge in [-0.1, -0.05) is 6.92 Å². The van der Waals surface area contributed by atoms with Crippen LogP contribution in [0.5, 0.6) is 0 Å². The molecule has 0 aliphatic rings. The highest BCUT2D eigenvalue weighted by molar-refractivity contribution is 9.10. The lowest BCUT2D eigenvalue weighted by molar-refractivity contribution is -0.116. The number of hydrogen-bond acceptors (Lipinski definition) is 1. The van der Waals surface area contributed by atoms with Gasteiger partial charge in [-0.3, -0.25) is 4.79 Å². The molecule has 0 aromatic heterocycles. The van der Waals surface area contributed by atoms with Gasteiger partial charge in [-0.15, -0.1) is 0 Å². The number of benzene rings is 1. The lowest BCUT2D eigenvalue weighted by Crippen LogP contribution is -2.12. The number of carbonyl (C=O) groups excluding carboxylic acids is 1. The smallest absolute Gasteiger partial charge is 0.224 e. The Hall–Kier alpha value is -0.970. The number of rotatable bonds is 3. The van der Waals surface area contributed by atoms with Gasteiger partial charge in [0.25, 0.3) is 0 Å². The molecule has 1 aromatic carbocycles. The van der Waals surface area contributed by atoms with E-state index in [0.717, 1.165) is 6.07 Å². The lowest BCUT2D eigenvalue weighted by atomic mass is 10.2. The Morgan fingerprint density at radius 3 is 2.67 bits per heavy atom. The van der Waals surface area contributed by atoms with Gasteiger partial charge in [0.2, 0.25) is 5.91 Å². The van der Waals surface area contributed by atoms with E-state index in [2.05, 4.69) is 21.2 Å². The van der Waals surface area contributed by atoms with Crippen molar-refractivity contribution >= 4 is 27.5 Å². The summed E-state index contributed by atoms with van der Waals surface area (Å²) in [4.78, 5) is 11.2. The highest BCUT2D eigenvalue weighted by Gasteiger charge is 2.10. The monoisotopic (exact) mass is 277 g/mol. The maximum absolute atomic E-state index is 13.2. The van der Waals surface area contributed by atoms with Crippen molar-refractivity contribution in [3.05, 3.63) is 28.2 Å². The molecule has 0 bridgehead atoms. The van der Waals surface area contributed by atoms with Crippen molar-refractivity contribution in [3.63, 3.8) is 0 Å². The van der Waals surface area contributed by atoms with E-state index >= 15 is 0 Å². The van der Waals surface area contributed by atoms with Gasteiger partial charge in [0.05, 0.1) is 10.2 Å². The Kier molecular flexibility index (Phi) is 4.20. The molecule has 0 saturated heterocycles. The van der Waals surface area contributed by atoms with Crippen molar-refractivity contribution in [1.82, 2.24) is 0 Å². The number of anilines is 1.